The molecule has 0 radical (unpaired) electrons. The Kier molecular flexibility index (Phi) is 6.07. The third-order valence-corrected chi connectivity index (χ3v) is 4.71. The predicted octanol–water partition coefficient (Wildman–Crippen LogP) is 2.26. The summed E-state index contributed by atoms with van der Waals surface area (Å²) in [5.74, 6) is -1.83. The minimum absolute atomic E-state index is 0.0913. The molecule has 0 spiro atoms. The third-order valence-electron chi connectivity index (χ3n) is 4.71. The zero-order valence-corrected chi connectivity index (χ0v) is 16.3. The second kappa shape index (κ2) is 8.68. The van der Waals surface area contributed by atoms with Crippen LogP contribution in [0.15, 0.2) is 54.6 Å². The van der Waals surface area contributed by atoms with E-state index in [0.29, 0.717) is 17.7 Å². The number of likely N-dealkylation sites (N-methyl/N-ethyl adjacent to an activating group) is 1. The molecule has 0 unspecified atom stereocenters. The Hall–Kier alpha value is -3.48. The minimum Gasteiger partial charge on any atom is -0.452 e. The molecule has 1 aliphatic heterocycles. The lowest BCUT2D eigenvalue weighted by Gasteiger charge is -2.22. The average molecular weight is 394 g/mol. The van der Waals surface area contributed by atoms with E-state index in [1.54, 1.807) is 31.3 Å². The highest BCUT2D eigenvalue weighted by Gasteiger charge is 2.35. The summed E-state index contributed by atoms with van der Waals surface area (Å²) < 4.78 is 5.20. The van der Waals surface area contributed by atoms with E-state index in [0.717, 1.165) is 10.5 Å². The molecule has 1 atom stereocenters. The van der Waals surface area contributed by atoms with Crippen LogP contribution in [0.5, 0.6) is 0 Å². The number of carbonyl (C=O) groups is 4. The molecule has 0 saturated carbocycles. The molecule has 3 amide bonds. The number of imide groups is 1. The van der Waals surface area contributed by atoms with E-state index in [4.69, 9.17) is 4.74 Å². The summed E-state index contributed by atoms with van der Waals surface area (Å²) >= 11 is 0. The Bertz CT molecular complexity index is 906. The van der Waals surface area contributed by atoms with E-state index in [1.807, 2.05) is 30.3 Å². The lowest BCUT2D eigenvalue weighted by Crippen LogP contribution is -2.38. The van der Waals surface area contributed by atoms with E-state index in [2.05, 4.69) is 0 Å². The summed E-state index contributed by atoms with van der Waals surface area (Å²) in [5, 5.41) is 0. The fourth-order valence-electron chi connectivity index (χ4n) is 3.20. The van der Waals surface area contributed by atoms with Gasteiger partial charge in [-0.05, 0) is 24.6 Å². The van der Waals surface area contributed by atoms with Crippen LogP contribution in [0.25, 0.3) is 0 Å². The smallest absolute Gasteiger partial charge is 0.308 e. The SMILES string of the molecule is C[C@@H](OC(=O)CCN1C(=O)c2ccccc2C1=O)C(=O)N(C)Cc1ccccc1. The van der Waals surface area contributed by atoms with Crippen molar-refractivity contribution in [2.45, 2.75) is 26.0 Å². The van der Waals surface area contributed by atoms with Gasteiger partial charge in [0.2, 0.25) is 0 Å². The van der Waals surface area contributed by atoms with Gasteiger partial charge in [-0.3, -0.25) is 24.1 Å². The first-order valence-electron chi connectivity index (χ1n) is 9.32. The standard InChI is InChI=1S/C22H22N2O5/c1-15(20(26)23(2)14-16-8-4-3-5-9-16)29-19(25)12-13-24-21(27)17-10-6-7-11-18(17)22(24)28/h3-11,15H,12-14H2,1-2H3/t15-/m1/s1. The number of amides is 3. The second-order valence-corrected chi connectivity index (χ2v) is 6.87. The van der Waals surface area contributed by atoms with Crippen molar-refractivity contribution in [1.82, 2.24) is 9.80 Å². The molecule has 1 heterocycles. The summed E-state index contributed by atoms with van der Waals surface area (Å²) in [6.45, 7) is 1.81. The highest BCUT2D eigenvalue weighted by Crippen LogP contribution is 2.22. The van der Waals surface area contributed by atoms with Crippen molar-refractivity contribution in [3.8, 4) is 0 Å². The summed E-state index contributed by atoms with van der Waals surface area (Å²) in [6.07, 6.45) is -1.13. The van der Waals surface area contributed by atoms with Gasteiger partial charge in [0.1, 0.15) is 0 Å². The molecule has 0 bridgehead atoms. The first kappa shape index (κ1) is 20.3. The second-order valence-electron chi connectivity index (χ2n) is 6.87. The average Bonchev–Trinajstić information content (AvgIpc) is 2.97. The molecule has 2 aromatic carbocycles. The molecule has 3 rings (SSSR count). The number of ether oxygens (including phenoxy) is 1. The number of fused-ring (bicyclic) bond motifs is 1. The molecule has 1 aliphatic rings. The van der Waals surface area contributed by atoms with Gasteiger partial charge in [-0.2, -0.15) is 0 Å². The summed E-state index contributed by atoms with van der Waals surface area (Å²) in [7, 11) is 1.64. The Balaban J connectivity index is 1.50. The van der Waals surface area contributed by atoms with Crippen LogP contribution in [0.1, 0.15) is 39.6 Å². The maximum atomic E-state index is 12.4. The van der Waals surface area contributed by atoms with E-state index in [-0.39, 0.29) is 18.9 Å². The first-order valence-corrected chi connectivity index (χ1v) is 9.32. The highest BCUT2D eigenvalue weighted by molar-refractivity contribution is 6.21. The van der Waals surface area contributed by atoms with Gasteiger partial charge in [0.15, 0.2) is 6.10 Å². The van der Waals surface area contributed by atoms with Crippen molar-refractivity contribution in [3.05, 3.63) is 71.3 Å². The van der Waals surface area contributed by atoms with Crippen molar-refractivity contribution in [3.63, 3.8) is 0 Å². The Morgan fingerprint density at radius 1 is 0.966 bits per heavy atom. The summed E-state index contributed by atoms with van der Waals surface area (Å²) in [5.41, 5.74) is 1.63. The van der Waals surface area contributed by atoms with Crippen LogP contribution < -0.4 is 0 Å². The largest absolute Gasteiger partial charge is 0.452 e. The molecule has 29 heavy (non-hydrogen) atoms. The van der Waals surface area contributed by atoms with Gasteiger partial charge in [-0.1, -0.05) is 42.5 Å². The summed E-state index contributed by atoms with van der Waals surface area (Å²) in [4.78, 5) is 51.7. The lowest BCUT2D eigenvalue weighted by atomic mass is 10.1. The number of hydrogen-bond acceptors (Lipinski definition) is 5. The molecule has 2 aromatic rings. The van der Waals surface area contributed by atoms with Gasteiger partial charge in [0.25, 0.3) is 17.7 Å². The molecule has 0 aliphatic carbocycles. The van der Waals surface area contributed by atoms with Crippen LogP contribution in [0.2, 0.25) is 0 Å². The third kappa shape index (κ3) is 4.51. The van der Waals surface area contributed by atoms with Crippen LogP contribution in [-0.2, 0) is 20.9 Å². The van der Waals surface area contributed by atoms with E-state index in [1.165, 1.54) is 11.8 Å². The molecule has 0 saturated heterocycles. The maximum Gasteiger partial charge on any atom is 0.308 e. The van der Waals surface area contributed by atoms with Crippen LogP contribution in [-0.4, -0.2) is 53.2 Å². The Labute approximate surface area is 168 Å². The number of benzene rings is 2. The number of esters is 1. The minimum atomic E-state index is -0.960. The van der Waals surface area contributed by atoms with Gasteiger partial charge < -0.3 is 9.64 Å². The van der Waals surface area contributed by atoms with Crippen molar-refractivity contribution >= 4 is 23.7 Å². The predicted molar refractivity (Wildman–Crippen MR) is 105 cm³/mol. The van der Waals surface area contributed by atoms with Crippen molar-refractivity contribution in [2.24, 2.45) is 0 Å². The Morgan fingerprint density at radius 2 is 1.52 bits per heavy atom. The van der Waals surface area contributed by atoms with Gasteiger partial charge >= 0.3 is 5.97 Å². The molecular weight excluding hydrogens is 372 g/mol. The Morgan fingerprint density at radius 3 is 2.10 bits per heavy atom. The number of carbonyl (C=O) groups excluding carboxylic acids is 4. The van der Waals surface area contributed by atoms with Crippen molar-refractivity contribution in [2.75, 3.05) is 13.6 Å². The van der Waals surface area contributed by atoms with Crippen LogP contribution in [0, 0.1) is 0 Å². The van der Waals surface area contributed by atoms with E-state index < -0.39 is 23.9 Å². The monoisotopic (exact) mass is 394 g/mol. The number of nitrogens with zero attached hydrogens (tertiary/aromatic N) is 2. The van der Waals surface area contributed by atoms with E-state index in [9.17, 15) is 19.2 Å². The van der Waals surface area contributed by atoms with Crippen LogP contribution >= 0.6 is 0 Å². The molecule has 0 N–H and O–H groups in total. The molecule has 0 fully saturated rings. The fraction of sp³-hybridized carbons (Fsp3) is 0.273. The van der Waals surface area contributed by atoms with Crippen molar-refractivity contribution < 1.29 is 23.9 Å². The zero-order chi connectivity index (χ0) is 21.0. The maximum absolute atomic E-state index is 12.4. The molecule has 7 heteroatoms. The van der Waals surface area contributed by atoms with Gasteiger partial charge in [0.05, 0.1) is 17.5 Å². The van der Waals surface area contributed by atoms with Gasteiger partial charge in [0, 0.05) is 20.1 Å². The summed E-state index contributed by atoms with van der Waals surface area (Å²) in [6, 6.07) is 16.0. The van der Waals surface area contributed by atoms with Crippen LogP contribution in [0.4, 0.5) is 0 Å². The molecular formula is C22H22N2O5. The molecule has 7 nitrogen and oxygen atoms in total. The van der Waals surface area contributed by atoms with Crippen molar-refractivity contribution in [1.29, 1.82) is 0 Å². The quantitative estimate of drug-likeness (QED) is 0.531. The zero-order valence-electron chi connectivity index (χ0n) is 16.3. The van der Waals surface area contributed by atoms with Gasteiger partial charge in [-0.15, -0.1) is 0 Å². The van der Waals surface area contributed by atoms with Crippen LogP contribution in [0.3, 0.4) is 0 Å². The number of rotatable bonds is 7. The highest BCUT2D eigenvalue weighted by atomic mass is 16.5. The first-order chi connectivity index (χ1) is 13.9. The normalized spacial score (nSPS) is 13.8. The van der Waals surface area contributed by atoms with Gasteiger partial charge in [-0.25, -0.2) is 0 Å². The number of hydrogen-bond donors (Lipinski definition) is 0. The fourth-order valence-corrected chi connectivity index (χ4v) is 3.20. The lowest BCUT2D eigenvalue weighted by molar-refractivity contribution is -0.158. The topological polar surface area (TPSA) is 84.0 Å². The van der Waals surface area contributed by atoms with E-state index >= 15 is 0 Å². The molecule has 0 aromatic heterocycles. The molecule has 150 valence electrons.